The molecule has 0 aromatic carbocycles. The van der Waals surface area contributed by atoms with E-state index < -0.39 is 12.1 Å². The molecule has 2 bridgehead atoms. The van der Waals surface area contributed by atoms with Gasteiger partial charge in [-0.15, -0.1) is 0 Å². The van der Waals surface area contributed by atoms with Crippen molar-refractivity contribution in [3.05, 3.63) is 0 Å². The first-order valence-electron chi connectivity index (χ1n) is 5.51. The Labute approximate surface area is 87.6 Å². The summed E-state index contributed by atoms with van der Waals surface area (Å²) in [6.45, 7) is 0.649. The van der Waals surface area contributed by atoms with Gasteiger partial charge in [-0.1, -0.05) is 0 Å². The van der Waals surface area contributed by atoms with Crippen molar-refractivity contribution in [2.75, 3.05) is 19.6 Å². The highest BCUT2D eigenvalue weighted by atomic mass is 19.4. The van der Waals surface area contributed by atoms with Gasteiger partial charge in [-0.25, -0.2) is 0 Å². The lowest BCUT2D eigenvalue weighted by molar-refractivity contribution is -0.177. The van der Waals surface area contributed by atoms with Gasteiger partial charge in [-0.2, -0.15) is 13.2 Å². The number of alkyl halides is 3. The first kappa shape index (κ1) is 11.2. The molecule has 2 fully saturated rings. The minimum absolute atomic E-state index is 0.0984. The van der Waals surface area contributed by atoms with Gasteiger partial charge in [0.05, 0.1) is 5.92 Å². The number of nitrogens with two attached hydrogens (primary N) is 1. The van der Waals surface area contributed by atoms with Crippen LogP contribution in [0.5, 0.6) is 0 Å². The zero-order valence-electron chi connectivity index (χ0n) is 8.63. The summed E-state index contributed by atoms with van der Waals surface area (Å²) in [6.07, 6.45) is -0.786. The monoisotopic (exact) mass is 222 g/mol. The Bertz CT molecular complexity index is 229. The molecular weight excluding hydrogens is 205 g/mol. The van der Waals surface area contributed by atoms with E-state index in [1.54, 1.807) is 0 Å². The SMILES string of the molecule is NCC(CN1CC2CCC1C2)C(F)(F)F. The molecule has 88 valence electrons. The fourth-order valence-corrected chi connectivity index (χ4v) is 2.85. The Kier molecular flexibility index (Phi) is 2.94. The molecule has 5 heteroatoms. The van der Waals surface area contributed by atoms with Crippen LogP contribution in [0.15, 0.2) is 0 Å². The molecule has 1 aliphatic carbocycles. The Balaban J connectivity index is 1.90. The zero-order valence-corrected chi connectivity index (χ0v) is 8.63. The number of rotatable bonds is 3. The van der Waals surface area contributed by atoms with Gasteiger partial charge in [0.15, 0.2) is 0 Å². The largest absolute Gasteiger partial charge is 0.394 e. The number of hydrogen-bond acceptors (Lipinski definition) is 2. The van der Waals surface area contributed by atoms with Gasteiger partial charge in [0, 0.05) is 25.7 Å². The van der Waals surface area contributed by atoms with Crippen LogP contribution in [-0.2, 0) is 0 Å². The lowest BCUT2D eigenvalue weighted by Gasteiger charge is -2.31. The Hall–Kier alpha value is -0.290. The fourth-order valence-electron chi connectivity index (χ4n) is 2.85. The quantitative estimate of drug-likeness (QED) is 0.786. The van der Waals surface area contributed by atoms with Crippen molar-refractivity contribution in [1.82, 2.24) is 4.90 Å². The van der Waals surface area contributed by atoms with Crippen molar-refractivity contribution in [2.24, 2.45) is 17.6 Å². The Morgan fingerprint density at radius 1 is 1.33 bits per heavy atom. The van der Waals surface area contributed by atoms with Crippen molar-refractivity contribution >= 4 is 0 Å². The molecule has 2 aliphatic rings. The van der Waals surface area contributed by atoms with Crippen LogP contribution < -0.4 is 5.73 Å². The molecule has 1 saturated carbocycles. The van der Waals surface area contributed by atoms with Crippen molar-refractivity contribution in [1.29, 1.82) is 0 Å². The molecule has 3 unspecified atom stereocenters. The van der Waals surface area contributed by atoms with Crippen LogP contribution in [0.25, 0.3) is 0 Å². The van der Waals surface area contributed by atoms with Crippen molar-refractivity contribution in [2.45, 2.75) is 31.5 Å². The molecule has 1 aliphatic heterocycles. The maximum absolute atomic E-state index is 12.5. The van der Waals surface area contributed by atoms with E-state index in [0.29, 0.717) is 12.0 Å². The minimum atomic E-state index is -4.14. The minimum Gasteiger partial charge on any atom is -0.330 e. The lowest BCUT2D eigenvalue weighted by atomic mass is 10.1. The smallest absolute Gasteiger partial charge is 0.330 e. The van der Waals surface area contributed by atoms with E-state index in [2.05, 4.69) is 0 Å². The molecule has 2 nitrogen and oxygen atoms in total. The van der Waals surface area contributed by atoms with E-state index in [1.165, 1.54) is 6.42 Å². The van der Waals surface area contributed by atoms with E-state index in [4.69, 9.17) is 5.73 Å². The predicted octanol–water partition coefficient (Wildman–Crippen LogP) is 1.61. The second-order valence-electron chi connectivity index (χ2n) is 4.76. The molecule has 15 heavy (non-hydrogen) atoms. The molecule has 0 amide bonds. The van der Waals surface area contributed by atoms with Crippen LogP contribution in [0.2, 0.25) is 0 Å². The van der Waals surface area contributed by atoms with Gasteiger partial charge in [-0.3, -0.25) is 4.90 Å². The van der Waals surface area contributed by atoms with Crippen LogP contribution in [0.3, 0.4) is 0 Å². The number of fused-ring (bicyclic) bond motifs is 2. The van der Waals surface area contributed by atoms with Gasteiger partial charge in [-0.05, 0) is 25.2 Å². The summed E-state index contributed by atoms with van der Waals surface area (Å²) in [6, 6.07) is 0.395. The maximum Gasteiger partial charge on any atom is 0.394 e. The highest BCUT2D eigenvalue weighted by Crippen LogP contribution is 2.39. The van der Waals surface area contributed by atoms with Crippen molar-refractivity contribution in [3.8, 4) is 0 Å². The normalized spacial score (nSPS) is 33.6. The van der Waals surface area contributed by atoms with E-state index in [-0.39, 0.29) is 13.1 Å². The Morgan fingerprint density at radius 3 is 2.47 bits per heavy atom. The molecule has 1 heterocycles. The first-order valence-corrected chi connectivity index (χ1v) is 5.51. The van der Waals surface area contributed by atoms with Crippen LogP contribution in [-0.4, -0.2) is 36.8 Å². The molecule has 2 N–H and O–H groups in total. The standard InChI is InChI=1S/C10H17F3N2/c11-10(12,13)8(4-14)6-15-5-7-1-2-9(15)3-7/h7-9H,1-6,14H2. The van der Waals surface area contributed by atoms with E-state index in [1.807, 2.05) is 4.90 Å². The second kappa shape index (κ2) is 3.94. The first-order chi connectivity index (χ1) is 7.00. The molecule has 1 saturated heterocycles. The van der Waals surface area contributed by atoms with Gasteiger partial charge in [0.2, 0.25) is 0 Å². The van der Waals surface area contributed by atoms with Gasteiger partial charge < -0.3 is 5.73 Å². The summed E-state index contributed by atoms with van der Waals surface area (Å²) in [5.74, 6) is -0.710. The Morgan fingerprint density at radius 2 is 2.07 bits per heavy atom. The lowest BCUT2D eigenvalue weighted by Crippen LogP contribution is -2.43. The number of halogens is 3. The van der Waals surface area contributed by atoms with Gasteiger partial charge in [0.1, 0.15) is 0 Å². The third kappa shape index (κ3) is 2.28. The predicted molar refractivity (Wildman–Crippen MR) is 51.3 cm³/mol. The average Bonchev–Trinajstić information content (AvgIpc) is 2.72. The van der Waals surface area contributed by atoms with Crippen LogP contribution >= 0.6 is 0 Å². The molecule has 0 aromatic heterocycles. The average molecular weight is 222 g/mol. The number of nitrogens with zero attached hydrogens (tertiary/aromatic N) is 1. The third-order valence-electron chi connectivity index (χ3n) is 3.72. The number of hydrogen-bond donors (Lipinski definition) is 1. The molecule has 2 rings (SSSR count). The van der Waals surface area contributed by atoms with E-state index >= 15 is 0 Å². The van der Waals surface area contributed by atoms with Gasteiger partial charge in [0.25, 0.3) is 0 Å². The van der Waals surface area contributed by atoms with Crippen molar-refractivity contribution in [3.63, 3.8) is 0 Å². The summed E-state index contributed by atoms with van der Waals surface area (Å²) >= 11 is 0. The zero-order chi connectivity index (χ0) is 11.1. The summed E-state index contributed by atoms with van der Waals surface area (Å²) in [4.78, 5) is 1.99. The summed E-state index contributed by atoms with van der Waals surface area (Å²) < 4.78 is 37.5. The van der Waals surface area contributed by atoms with E-state index in [0.717, 1.165) is 19.4 Å². The topological polar surface area (TPSA) is 29.3 Å². The summed E-state index contributed by atoms with van der Waals surface area (Å²) in [7, 11) is 0. The van der Waals surface area contributed by atoms with Gasteiger partial charge >= 0.3 is 6.18 Å². The van der Waals surface area contributed by atoms with Crippen LogP contribution in [0.4, 0.5) is 13.2 Å². The number of likely N-dealkylation sites (tertiary alicyclic amines) is 1. The fraction of sp³-hybridized carbons (Fsp3) is 1.00. The second-order valence-corrected chi connectivity index (χ2v) is 4.76. The molecule has 0 aromatic rings. The highest BCUT2D eigenvalue weighted by molar-refractivity contribution is 4.93. The third-order valence-corrected chi connectivity index (χ3v) is 3.72. The number of piperidine rings is 1. The maximum atomic E-state index is 12.5. The van der Waals surface area contributed by atoms with E-state index in [9.17, 15) is 13.2 Å². The van der Waals surface area contributed by atoms with Crippen LogP contribution in [0, 0.1) is 11.8 Å². The van der Waals surface area contributed by atoms with Crippen LogP contribution in [0.1, 0.15) is 19.3 Å². The molecule has 0 spiro atoms. The molecule has 0 radical (unpaired) electrons. The summed E-state index contributed by atoms with van der Waals surface area (Å²) in [5.41, 5.74) is 5.19. The van der Waals surface area contributed by atoms with Crippen molar-refractivity contribution < 1.29 is 13.2 Å². The molecular formula is C10H17F3N2. The highest BCUT2D eigenvalue weighted by Gasteiger charge is 2.44. The summed E-state index contributed by atoms with van der Waals surface area (Å²) in [5, 5.41) is 0. The molecule has 3 atom stereocenters.